The molecule has 5 heteroatoms. The van der Waals surface area contributed by atoms with Crippen molar-refractivity contribution in [1.29, 1.82) is 0 Å². The highest BCUT2D eigenvalue weighted by Crippen LogP contribution is 2.05. The SMILES string of the molecule is C=O.COc1ccccc1.O=C1CCC(=O)N1. The van der Waals surface area contributed by atoms with Crippen LogP contribution in [0.5, 0.6) is 5.75 Å². The van der Waals surface area contributed by atoms with Crippen molar-refractivity contribution in [2.45, 2.75) is 12.8 Å². The van der Waals surface area contributed by atoms with E-state index in [1.54, 1.807) is 7.11 Å². The molecule has 1 N–H and O–H groups in total. The van der Waals surface area contributed by atoms with Gasteiger partial charge in [-0.3, -0.25) is 14.9 Å². The lowest BCUT2D eigenvalue weighted by atomic mass is 10.3. The number of carbonyl (C=O) groups is 3. The fourth-order valence-electron chi connectivity index (χ4n) is 1.06. The molecule has 2 rings (SSSR count). The molecule has 0 radical (unpaired) electrons. The van der Waals surface area contributed by atoms with Gasteiger partial charge in [-0.15, -0.1) is 0 Å². The molecule has 0 bridgehead atoms. The summed E-state index contributed by atoms with van der Waals surface area (Å²) >= 11 is 0. The van der Waals surface area contributed by atoms with Gasteiger partial charge < -0.3 is 9.53 Å². The highest BCUT2D eigenvalue weighted by Gasteiger charge is 2.15. The number of carbonyl (C=O) groups excluding carboxylic acids is 3. The first-order valence-corrected chi connectivity index (χ1v) is 4.93. The monoisotopic (exact) mass is 237 g/mol. The van der Waals surface area contributed by atoms with E-state index >= 15 is 0 Å². The Morgan fingerprint density at radius 2 is 1.53 bits per heavy atom. The Kier molecular flexibility index (Phi) is 7.93. The maximum absolute atomic E-state index is 10.1. The van der Waals surface area contributed by atoms with Gasteiger partial charge in [-0.1, -0.05) is 18.2 Å². The second kappa shape index (κ2) is 9.08. The Bertz CT molecular complexity index is 337. The fraction of sp³-hybridized carbons (Fsp3) is 0.250. The summed E-state index contributed by atoms with van der Waals surface area (Å²) in [6.07, 6.45) is 0.748. The summed E-state index contributed by atoms with van der Waals surface area (Å²) in [7, 11) is 1.66. The molecule has 1 saturated heterocycles. The smallest absolute Gasteiger partial charge is 0.227 e. The van der Waals surface area contributed by atoms with Crippen LogP contribution in [0.4, 0.5) is 0 Å². The van der Waals surface area contributed by atoms with Crippen molar-refractivity contribution in [2.75, 3.05) is 7.11 Å². The Balaban J connectivity index is 0.000000265. The molecule has 5 nitrogen and oxygen atoms in total. The first kappa shape index (κ1) is 14.8. The fourth-order valence-corrected chi connectivity index (χ4v) is 1.06. The molecule has 1 aliphatic rings. The van der Waals surface area contributed by atoms with Crippen LogP contribution in [0.2, 0.25) is 0 Å². The first-order chi connectivity index (χ1) is 8.22. The first-order valence-electron chi connectivity index (χ1n) is 4.93. The van der Waals surface area contributed by atoms with Gasteiger partial charge >= 0.3 is 0 Å². The second-order valence-corrected chi connectivity index (χ2v) is 2.99. The number of amides is 2. The molecule has 0 atom stereocenters. The number of para-hydroxylation sites is 1. The average Bonchev–Trinajstić information content (AvgIpc) is 2.77. The van der Waals surface area contributed by atoms with E-state index < -0.39 is 0 Å². The molecule has 0 saturated carbocycles. The molecule has 1 aliphatic heterocycles. The van der Waals surface area contributed by atoms with Crippen LogP contribution < -0.4 is 10.1 Å². The van der Waals surface area contributed by atoms with Gasteiger partial charge in [0.05, 0.1) is 7.11 Å². The normalized spacial score (nSPS) is 12.5. The molecular formula is C12H15NO4. The molecule has 92 valence electrons. The van der Waals surface area contributed by atoms with Gasteiger partial charge in [-0.25, -0.2) is 0 Å². The third-order valence-electron chi connectivity index (χ3n) is 1.84. The number of hydrogen-bond donors (Lipinski definition) is 1. The van der Waals surface area contributed by atoms with Crippen molar-refractivity contribution in [1.82, 2.24) is 5.32 Å². The van der Waals surface area contributed by atoms with Crippen molar-refractivity contribution in [3.8, 4) is 5.75 Å². The highest BCUT2D eigenvalue weighted by atomic mass is 16.5. The van der Waals surface area contributed by atoms with Gasteiger partial charge in [0, 0.05) is 12.8 Å². The zero-order valence-electron chi connectivity index (χ0n) is 9.64. The molecule has 1 aromatic carbocycles. The van der Waals surface area contributed by atoms with E-state index in [9.17, 15) is 9.59 Å². The Labute approximate surface area is 99.8 Å². The van der Waals surface area contributed by atoms with Crippen molar-refractivity contribution >= 4 is 18.6 Å². The minimum absolute atomic E-state index is 0.148. The third-order valence-corrected chi connectivity index (χ3v) is 1.84. The van der Waals surface area contributed by atoms with Crippen molar-refractivity contribution < 1.29 is 19.1 Å². The predicted molar refractivity (Wildman–Crippen MR) is 62.5 cm³/mol. The van der Waals surface area contributed by atoms with Crippen molar-refractivity contribution in [2.24, 2.45) is 0 Å². The van der Waals surface area contributed by atoms with Crippen LogP contribution in [0.25, 0.3) is 0 Å². The van der Waals surface area contributed by atoms with E-state index in [1.807, 2.05) is 37.1 Å². The molecular weight excluding hydrogens is 222 g/mol. The zero-order valence-corrected chi connectivity index (χ0v) is 9.64. The lowest BCUT2D eigenvalue weighted by Crippen LogP contribution is -2.18. The van der Waals surface area contributed by atoms with Gasteiger partial charge in [-0.05, 0) is 12.1 Å². The van der Waals surface area contributed by atoms with Gasteiger partial charge in [0.15, 0.2) is 0 Å². The van der Waals surface area contributed by atoms with Gasteiger partial charge in [0.25, 0.3) is 0 Å². The lowest BCUT2D eigenvalue weighted by molar-refractivity contribution is -0.124. The number of imide groups is 1. The van der Waals surface area contributed by atoms with E-state index in [0.29, 0.717) is 12.8 Å². The van der Waals surface area contributed by atoms with E-state index in [4.69, 9.17) is 9.53 Å². The molecule has 1 heterocycles. The van der Waals surface area contributed by atoms with Gasteiger partial charge in [0.2, 0.25) is 11.8 Å². The number of benzene rings is 1. The van der Waals surface area contributed by atoms with Crippen LogP contribution in [-0.4, -0.2) is 25.7 Å². The standard InChI is InChI=1S/C7H8O.C4H5NO2.CH2O/c1-8-7-5-3-2-4-6-7;6-3-1-2-4(7)5-3;1-2/h2-6H,1H3;1-2H2,(H,5,6,7);1H2. The maximum Gasteiger partial charge on any atom is 0.227 e. The Morgan fingerprint density at radius 1 is 1.06 bits per heavy atom. The van der Waals surface area contributed by atoms with Crippen LogP contribution in [0.3, 0.4) is 0 Å². The second-order valence-electron chi connectivity index (χ2n) is 2.99. The number of hydrogen-bond acceptors (Lipinski definition) is 4. The summed E-state index contributed by atoms with van der Waals surface area (Å²) in [5.74, 6) is 0.613. The zero-order chi connectivity index (χ0) is 13.1. The third kappa shape index (κ3) is 6.83. The molecule has 2 amide bonds. The topological polar surface area (TPSA) is 72.5 Å². The highest BCUT2D eigenvalue weighted by molar-refractivity contribution is 6.01. The van der Waals surface area contributed by atoms with Crippen LogP contribution >= 0.6 is 0 Å². The number of ether oxygens (including phenoxy) is 1. The number of rotatable bonds is 1. The van der Waals surface area contributed by atoms with Crippen LogP contribution in [0, 0.1) is 0 Å². The lowest BCUT2D eigenvalue weighted by Gasteiger charge is -1.93. The minimum Gasteiger partial charge on any atom is -0.497 e. The largest absolute Gasteiger partial charge is 0.497 e. The minimum atomic E-state index is -0.148. The molecule has 0 unspecified atom stereocenters. The molecule has 0 spiro atoms. The van der Waals surface area contributed by atoms with E-state index in [-0.39, 0.29) is 11.8 Å². The number of nitrogens with one attached hydrogen (secondary N) is 1. The van der Waals surface area contributed by atoms with Crippen LogP contribution in [0.1, 0.15) is 12.8 Å². The van der Waals surface area contributed by atoms with Crippen molar-refractivity contribution in [3.63, 3.8) is 0 Å². The van der Waals surface area contributed by atoms with E-state index in [1.165, 1.54) is 0 Å². The summed E-state index contributed by atoms with van der Waals surface area (Å²) in [4.78, 5) is 28.2. The summed E-state index contributed by atoms with van der Waals surface area (Å²) in [6, 6.07) is 9.68. The maximum atomic E-state index is 10.1. The molecule has 17 heavy (non-hydrogen) atoms. The quantitative estimate of drug-likeness (QED) is 0.737. The predicted octanol–water partition coefficient (Wildman–Crippen LogP) is 0.933. The summed E-state index contributed by atoms with van der Waals surface area (Å²) in [5, 5.41) is 2.14. The van der Waals surface area contributed by atoms with Gasteiger partial charge in [-0.2, -0.15) is 0 Å². The molecule has 0 aromatic heterocycles. The summed E-state index contributed by atoms with van der Waals surface area (Å²) in [6.45, 7) is 2.00. The van der Waals surface area contributed by atoms with Crippen LogP contribution in [0.15, 0.2) is 30.3 Å². The summed E-state index contributed by atoms with van der Waals surface area (Å²) < 4.78 is 4.91. The average molecular weight is 237 g/mol. The summed E-state index contributed by atoms with van der Waals surface area (Å²) in [5.41, 5.74) is 0. The van der Waals surface area contributed by atoms with Crippen LogP contribution in [-0.2, 0) is 14.4 Å². The molecule has 0 aliphatic carbocycles. The van der Waals surface area contributed by atoms with E-state index in [2.05, 4.69) is 5.32 Å². The Morgan fingerprint density at radius 3 is 1.76 bits per heavy atom. The molecule has 1 aromatic rings. The van der Waals surface area contributed by atoms with E-state index in [0.717, 1.165) is 5.75 Å². The number of methoxy groups -OCH3 is 1. The van der Waals surface area contributed by atoms with Gasteiger partial charge in [0.1, 0.15) is 12.5 Å². The van der Waals surface area contributed by atoms with Crippen molar-refractivity contribution in [3.05, 3.63) is 30.3 Å². The Hall–Kier alpha value is -2.17. The molecule has 1 fully saturated rings.